The summed E-state index contributed by atoms with van der Waals surface area (Å²) in [5.74, 6) is -0.795. The molecule has 0 aromatic heterocycles. The van der Waals surface area contributed by atoms with Crippen LogP contribution in [0.5, 0.6) is 0 Å². The Morgan fingerprint density at radius 2 is 1.67 bits per heavy atom. The molecule has 4 heteroatoms. The fraction of sp³-hybridized carbons (Fsp3) is 0.455. The van der Waals surface area contributed by atoms with Gasteiger partial charge in [-0.15, -0.1) is 0 Å². The van der Waals surface area contributed by atoms with Crippen LogP contribution in [0.4, 0.5) is 8.78 Å². The van der Waals surface area contributed by atoms with Crippen molar-refractivity contribution in [1.29, 1.82) is 0 Å². The molecule has 0 aliphatic rings. The Bertz CT molecular complexity index is 329. The van der Waals surface area contributed by atoms with Gasteiger partial charge in [-0.3, -0.25) is 0 Å². The van der Waals surface area contributed by atoms with E-state index in [0.717, 1.165) is 11.0 Å². The third-order valence-corrected chi connectivity index (χ3v) is 3.92. The lowest BCUT2D eigenvalue weighted by atomic mass is 10.0. The third kappa shape index (κ3) is 2.85. The lowest BCUT2D eigenvalue weighted by molar-refractivity contribution is 0.556. The molecule has 0 spiro atoms. The van der Waals surface area contributed by atoms with Crippen molar-refractivity contribution in [3.05, 3.63) is 34.9 Å². The Morgan fingerprint density at radius 3 is 2.00 bits per heavy atom. The van der Waals surface area contributed by atoms with Gasteiger partial charge in [-0.05, 0) is 52.2 Å². The molecule has 0 bridgehead atoms. The smallest absolute Gasteiger partial charge is 0.129 e. The van der Waals surface area contributed by atoms with E-state index in [4.69, 9.17) is 10.7 Å². The Kier molecular flexibility index (Phi) is 4.41. The van der Waals surface area contributed by atoms with E-state index < -0.39 is 11.6 Å². The highest BCUT2D eigenvalue weighted by atomic mass is 35.7. The topological polar surface area (TPSA) is 0 Å². The van der Waals surface area contributed by atoms with Crippen LogP contribution in [0.1, 0.15) is 30.2 Å². The molecule has 0 saturated carbocycles. The average molecular weight is 251 g/mol. The van der Waals surface area contributed by atoms with Crippen molar-refractivity contribution in [1.82, 2.24) is 0 Å². The van der Waals surface area contributed by atoms with E-state index in [1.54, 1.807) is 0 Å². The first-order valence-electron chi connectivity index (χ1n) is 4.70. The van der Waals surface area contributed by atoms with E-state index in [9.17, 15) is 8.78 Å². The van der Waals surface area contributed by atoms with Crippen LogP contribution in [-0.2, 0) is 0 Å². The van der Waals surface area contributed by atoms with Crippen LogP contribution in [0.2, 0.25) is 0 Å². The van der Waals surface area contributed by atoms with Crippen LogP contribution in [0, 0.1) is 24.5 Å². The van der Waals surface area contributed by atoms with E-state index in [-0.39, 0.29) is 16.7 Å². The molecule has 0 fully saturated rings. The first-order chi connectivity index (χ1) is 6.97. The Labute approximate surface area is 97.5 Å². The molecule has 0 N–H and O–H groups in total. The highest BCUT2D eigenvalue weighted by molar-refractivity contribution is 8.21. The highest BCUT2D eigenvalue weighted by Crippen LogP contribution is 2.38. The predicted molar refractivity (Wildman–Crippen MR) is 62.1 cm³/mol. The number of benzene rings is 1. The van der Waals surface area contributed by atoms with Crippen molar-refractivity contribution < 1.29 is 8.78 Å². The number of hydrogen-bond acceptors (Lipinski definition) is 1. The van der Waals surface area contributed by atoms with Crippen molar-refractivity contribution in [2.75, 3.05) is 0 Å². The van der Waals surface area contributed by atoms with Gasteiger partial charge in [-0.2, -0.15) is 0 Å². The van der Waals surface area contributed by atoms with Crippen LogP contribution in [0.15, 0.2) is 12.1 Å². The van der Waals surface area contributed by atoms with Crippen molar-refractivity contribution in [2.45, 2.75) is 26.0 Å². The van der Waals surface area contributed by atoms with Gasteiger partial charge in [0.2, 0.25) is 0 Å². The fourth-order valence-corrected chi connectivity index (χ4v) is 2.74. The number of hydrogen-bond donors (Lipinski definition) is 0. The van der Waals surface area contributed by atoms with Gasteiger partial charge in [-0.25, -0.2) is 8.78 Å². The summed E-state index contributed by atoms with van der Waals surface area (Å²) < 4.78 is 26.6. The minimum atomic E-state index is -0.513. The maximum absolute atomic E-state index is 13.3. The zero-order valence-corrected chi connectivity index (χ0v) is 10.4. The molecule has 15 heavy (non-hydrogen) atoms. The molecule has 0 radical (unpaired) electrons. The van der Waals surface area contributed by atoms with E-state index in [1.165, 1.54) is 19.1 Å². The third-order valence-electron chi connectivity index (χ3n) is 2.33. The summed E-state index contributed by atoms with van der Waals surface area (Å²) in [7, 11) is 6.81. The van der Waals surface area contributed by atoms with Gasteiger partial charge in [0.05, 0.1) is 0 Å². The van der Waals surface area contributed by atoms with Crippen molar-refractivity contribution >= 4 is 21.7 Å². The van der Waals surface area contributed by atoms with Crippen LogP contribution in [0.3, 0.4) is 0 Å². The van der Waals surface area contributed by atoms with E-state index in [0.29, 0.717) is 5.56 Å². The maximum atomic E-state index is 13.3. The Balaban J connectivity index is 3.14. The van der Waals surface area contributed by atoms with Crippen LogP contribution >= 0.6 is 21.7 Å². The normalized spacial score (nSPS) is 13.3. The lowest BCUT2D eigenvalue weighted by Gasteiger charge is -2.18. The monoisotopic (exact) mass is 250 g/mol. The molecule has 0 aliphatic carbocycles. The largest absolute Gasteiger partial charge is 0.207 e. The van der Waals surface area contributed by atoms with E-state index in [1.807, 2.05) is 13.8 Å². The fourth-order valence-electron chi connectivity index (χ4n) is 1.37. The van der Waals surface area contributed by atoms with E-state index in [2.05, 4.69) is 0 Å². The summed E-state index contributed by atoms with van der Waals surface area (Å²) in [6.07, 6.45) is 0. The van der Waals surface area contributed by atoms with Gasteiger partial charge in [0.1, 0.15) is 11.6 Å². The number of rotatable bonds is 3. The summed E-state index contributed by atoms with van der Waals surface area (Å²) in [4.78, 5) is 0. The minimum absolute atomic E-state index is 0.0563. The molecule has 1 aromatic carbocycles. The summed E-state index contributed by atoms with van der Waals surface area (Å²) in [5.41, 5.74) is 0.659. The molecule has 0 amide bonds. The molecule has 1 atom stereocenters. The van der Waals surface area contributed by atoms with Crippen LogP contribution in [-0.4, -0.2) is 0 Å². The van der Waals surface area contributed by atoms with Crippen LogP contribution < -0.4 is 0 Å². The zero-order chi connectivity index (χ0) is 11.6. The van der Waals surface area contributed by atoms with Gasteiger partial charge in [-0.1, -0.05) is 13.8 Å². The Hall–Kier alpha value is -0.280. The molecule has 1 unspecified atom stereocenters. The molecular weight excluding hydrogens is 238 g/mol. The molecule has 0 aliphatic heterocycles. The highest BCUT2D eigenvalue weighted by Gasteiger charge is 2.18. The summed E-state index contributed by atoms with van der Waals surface area (Å²) in [6.45, 7) is 5.36. The van der Waals surface area contributed by atoms with Gasteiger partial charge >= 0.3 is 0 Å². The average Bonchev–Trinajstić information content (AvgIpc) is 2.14. The lowest BCUT2D eigenvalue weighted by Crippen LogP contribution is -2.03. The zero-order valence-electron chi connectivity index (χ0n) is 8.85. The van der Waals surface area contributed by atoms with Crippen molar-refractivity contribution in [2.24, 2.45) is 5.92 Å². The number of halogens is 3. The standard InChI is InChI=1S/C11H13ClF2S/c1-6(2)11(15-12)8-4-9(13)7(3)10(14)5-8/h4-6,11H,1-3H3. The van der Waals surface area contributed by atoms with Gasteiger partial charge in [0.15, 0.2) is 0 Å². The minimum Gasteiger partial charge on any atom is -0.207 e. The SMILES string of the molecule is Cc1c(F)cc(C(SCl)C(C)C)cc1F. The molecule has 1 aromatic rings. The summed E-state index contributed by atoms with van der Waals surface area (Å²) >= 11 is 0. The van der Waals surface area contributed by atoms with Crippen molar-refractivity contribution in [3.63, 3.8) is 0 Å². The van der Waals surface area contributed by atoms with Gasteiger partial charge in [0.25, 0.3) is 0 Å². The van der Waals surface area contributed by atoms with Crippen LogP contribution in [0.25, 0.3) is 0 Å². The van der Waals surface area contributed by atoms with Gasteiger partial charge in [0, 0.05) is 10.8 Å². The molecule has 0 saturated heterocycles. The Morgan fingerprint density at radius 1 is 1.20 bits per heavy atom. The van der Waals surface area contributed by atoms with E-state index >= 15 is 0 Å². The first kappa shape index (κ1) is 12.8. The molecule has 1 rings (SSSR count). The van der Waals surface area contributed by atoms with Gasteiger partial charge < -0.3 is 0 Å². The predicted octanol–water partition coefficient (Wildman–Crippen LogP) is 4.86. The summed E-state index contributed by atoms with van der Waals surface area (Å²) in [5, 5.41) is -0.0868. The molecule has 0 nitrogen and oxygen atoms in total. The first-order valence-corrected chi connectivity index (χ1v) is 6.41. The maximum Gasteiger partial charge on any atom is 0.129 e. The van der Waals surface area contributed by atoms with Crippen molar-refractivity contribution in [3.8, 4) is 0 Å². The second-order valence-corrected chi connectivity index (χ2v) is 5.08. The molecule has 84 valence electrons. The molecular formula is C11H13ClF2S. The summed E-state index contributed by atoms with van der Waals surface area (Å²) in [6, 6.07) is 2.72. The second kappa shape index (κ2) is 5.17. The molecule has 0 heterocycles. The second-order valence-electron chi connectivity index (χ2n) is 3.86. The quantitative estimate of drug-likeness (QED) is 0.738.